The van der Waals surface area contributed by atoms with Gasteiger partial charge < -0.3 is 9.30 Å². The second-order valence-corrected chi connectivity index (χ2v) is 10.7. The maximum Gasteiger partial charge on any atom is 0.316 e. The molecule has 0 saturated carbocycles. The maximum absolute atomic E-state index is 12.4. The summed E-state index contributed by atoms with van der Waals surface area (Å²) < 4.78 is 33.4. The van der Waals surface area contributed by atoms with Crippen LogP contribution in [0.25, 0.3) is 11.0 Å². The number of esters is 1. The van der Waals surface area contributed by atoms with E-state index in [1.165, 1.54) is 25.9 Å². The van der Waals surface area contributed by atoms with Crippen LogP contribution in [0.4, 0.5) is 0 Å². The fourth-order valence-electron chi connectivity index (χ4n) is 2.97. The Labute approximate surface area is 191 Å². The Morgan fingerprint density at radius 2 is 1.90 bits per heavy atom. The van der Waals surface area contributed by atoms with E-state index in [1.807, 2.05) is 23.6 Å². The molecule has 0 saturated heterocycles. The van der Waals surface area contributed by atoms with Crippen LogP contribution in [0.1, 0.15) is 19.2 Å². The number of halogens is 1. The third-order valence-electron chi connectivity index (χ3n) is 4.56. The van der Waals surface area contributed by atoms with Gasteiger partial charge >= 0.3 is 5.97 Å². The molecule has 0 bridgehead atoms. The topological polar surface area (TPSA) is 81.5 Å². The number of nitrogens with zero attached hydrogens (tertiary/aromatic N) is 3. The Bertz CT molecular complexity index is 1180. The molecule has 0 atom stereocenters. The van der Waals surface area contributed by atoms with Gasteiger partial charge in [-0.05, 0) is 48.9 Å². The fourth-order valence-corrected chi connectivity index (χ4v) is 4.72. The van der Waals surface area contributed by atoms with E-state index in [0.717, 1.165) is 21.1 Å². The molecule has 7 nitrogen and oxygen atoms in total. The highest BCUT2D eigenvalue weighted by atomic mass is 35.5. The Morgan fingerprint density at radius 1 is 1.19 bits per heavy atom. The van der Waals surface area contributed by atoms with Gasteiger partial charge in [-0.15, -0.1) is 11.8 Å². The van der Waals surface area contributed by atoms with Crippen LogP contribution in [0, 0.1) is 0 Å². The van der Waals surface area contributed by atoms with E-state index in [9.17, 15) is 13.2 Å². The van der Waals surface area contributed by atoms with Gasteiger partial charge in [0.05, 0.1) is 21.7 Å². The van der Waals surface area contributed by atoms with Crippen LogP contribution in [0.3, 0.4) is 0 Å². The summed E-state index contributed by atoms with van der Waals surface area (Å²) in [4.78, 5) is 17.9. The molecule has 0 unspecified atom stereocenters. The molecule has 2 aromatic carbocycles. The Kier molecular flexibility index (Phi) is 7.64. The van der Waals surface area contributed by atoms with Crippen molar-refractivity contribution in [2.75, 3.05) is 19.8 Å². The maximum atomic E-state index is 12.4. The quantitative estimate of drug-likeness (QED) is 0.337. The number of carbonyl (C=O) groups excluding carboxylic acids is 1. The van der Waals surface area contributed by atoms with Crippen molar-refractivity contribution in [1.82, 2.24) is 13.9 Å². The van der Waals surface area contributed by atoms with Crippen LogP contribution in [0.15, 0.2) is 52.3 Å². The second kappa shape index (κ2) is 10.0. The van der Waals surface area contributed by atoms with Crippen molar-refractivity contribution in [2.24, 2.45) is 0 Å². The number of benzene rings is 2. The molecule has 166 valence electrons. The van der Waals surface area contributed by atoms with Gasteiger partial charge in [0.2, 0.25) is 10.0 Å². The predicted molar refractivity (Wildman–Crippen MR) is 123 cm³/mol. The monoisotopic (exact) mass is 481 g/mol. The number of hydrogen-bond acceptors (Lipinski definition) is 6. The molecule has 0 fully saturated rings. The number of ether oxygens (including phenoxy) is 1. The van der Waals surface area contributed by atoms with Crippen LogP contribution in [0.5, 0.6) is 0 Å². The zero-order chi connectivity index (χ0) is 22.6. The van der Waals surface area contributed by atoms with E-state index in [0.29, 0.717) is 22.9 Å². The van der Waals surface area contributed by atoms with Crippen molar-refractivity contribution in [3.63, 3.8) is 0 Å². The molecule has 3 rings (SSSR count). The fraction of sp³-hybridized carbons (Fsp3) is 0.333. The number of thioether (sulfide) groups is 1. The molecule has 0 aliphatic rings. The third kappa shape index (κ3) is 5.60. The number of imidazole rings is 1. The van der Waals surface area contributed by atoms with E-state index in [1.54, 1.807) is 30.3 Å². The first kappa shape index (κ1) is 23.6. The second-order valence-electron chi connectivity index (χ2n) is 7.02. The first-order valence-corrected chi connectivity index (χ1v) is 12.5. The Balaban J connectivity index is 1.75. The molecular weight excluding hydrogens is 458 g/mol. The summed E-state index contributed by atoms with van der Waals surface area (Å²) in [5, 5.41) is 0.642. The van der Waals surface area contributed by atoms with Crippen molar-refractivity contribution < 1.29 is 17.9 Å². The molecule has 1 aromatic heterocycles. The van der Waals surface area contributed by atoms with Gasteiger partial charge in [0.1, 0.15) is 12.4 Å². The van der Waals surface area contributed by atoms with Crippen molar-refractivity contribution in [3.05, 3.63) is 53.3 Å². The molecule has 10 heteroatoms. The van der Waals surface area contributed by atoms with E-state index in [4.69, 9.17) is 16.3 Å². The van der Waals surface area contributed by atoms with Gasteiger partial charge in [-0.1, -0.05) is 18.5 Å². The largest absolute Gasteiger partial charge is 0.457 e. The molecule has 0 radical (unpaired) electrons. The van der Waals surface area contributed by atoms with Crippen molar-refractivity contribution >= 4 is 50.4 Å². The summed E-state index contributed by atoms with van der Waals surface area (Å²) in [5.41, 5.74) is 1.36. The number of aryl methyl sites for hydroxylation is 1. The van der Waals surface area contributed by atoms with E-state index in [2.05, 4.69) is 4.98 Å². The third-order valence-corrected chi connectivity index (χ3v) is 7.61. The van der Waals surface area contributed by atoms with E-state index >= 15 is 0 Å². The summed E-state index contributed by atoms with van der Waals surface area (Å²) in [6.07, 6.45) is 0.858. The van der Waals surface area contributed by atoms with Crippen LogP contribution in [0.2, 0.25) is 5.02 Å². The zero-order valence-electron chi connectivity index (χ0n) is 17.5. The lowest BCUT2D eigenvalue weighted by molar-refractivity contribution is -0.142. The number of carbonyl (C=O) groups is 1. The number of aromatic nitrogens is 2. The summed E-state index contributed by atoms with van der Waals surface area (Å²) in [6, 6.07) is 12.1. The first-order chi connectivity index (χ1) is 14.7. The van der Waals surface area contributed by atoms with Crippen molar-refractivity contribution in [2.45, 2.75) is 36.3 Å². The molecular formula is C21H24ClN3O4S2. The SMILES string of the molecule is CCCn1c(COC(=O)CSc2ccc(Cl)cc2)nc2cc(S(=O)(=O)N(C)C)ccc21. The minimum atomic E-state index is -3.56. The highest BCUT2D eigenvalue weighted by Gasteiger charge is 2.20. The normalized spacial score (nSPS) is 11.9. The number of sulfonamides is 1. The van der Waals surface area contributed by atoms with E-state index in [-0.39, 0.29) is 23.2 Å². The molecule has 0 spiro atoms. The summed E-state index contributed by atoms with van der Waals surface area (Å²) in [7, 11) is -0.582. The number of hydrogen-bond donors (Lipinski definition) is 0. The highest BCUT2D eigenvalue weighted by Crippen LogP contribution is 2.24. The molecule has 0 amide bonds. The van der Waals surface area contributed by atoms with Gasteiger partial charge in [0.15, 0.2) is 0 Å². The minimum absolute atomic E-state index is 0.0183. The standard InChI is InChI=1S/C21H24ClN3O4S2/c1-4-11-25-19-10-9-17(31(27,28)24(2)3)12-18(19)23-20(25)13-29-21(26)14-30-16-7-5-15(22)6-8-16/h5-10,12H,4,11,13-14H2,1-3H3. The lowest BCUT2D eigenvalue weighted by Gasteiger charge is -2.11. The summed E-state index contributed by atoms with van der Waals surface area (Å²) in [6.45, 7) is 2.74. The lowest BCUT2D eigenvalue weighted by atomic mass is 10.3. The number of rotatable bonds is 9. The Morgan fingerprint density at radius 3 is 2.55 bits per heavy atom. The zero-order valence-corrected chi connectivity index (χ0v) is 19.9. The smallest absolute Gasteiger partial charge is 0.316 e. The summed E-state index contributed by atoms with van der Waals surface area (Å²) in [5.74, 6) is 0.396. The van der Waals surface area contributed by atoms with Crippen molar-refractivity contribution in [1.29, 1.82) is 0 Å². The first-order valence-electron chi connectivity index (χ1n) is 9.68. The average Bonchev–Trinajstić information content (AvgIpc) is 3.08. The minimum Gasteiger partial charge on any atom is -0.457 e. The van der Waals surface area contributed by atoms with Crippen LogP contribution in [-0.2, 0) is 32.7 Å². The lowest BCUT2D eigenvalue weighted by Crippen LogP contribution is -2.22. The number of fused-ring (bicyclic) bond motifs is 1. The molecule has 0 N–H and O–H groups in total. The van der Waals surface area contributed by atoms with Gasteiger partial charge in [-0.25, -0.2) is 17.7 Å². The Hall–Kier alpha value is -2.07. The van der Waals surface area contributed by atoms with Gasteiger partial charge in [-0.2, -0.15) is 0 Å². The molecule has 1 heterocycles. The van der Waals surface area contributed by atoms with Gasteiger partial charge in [-0.3, -0.25) is 4.79 Å². The van der Waals surface area contributed by atoms with Crippen molar-refractivity contribution in [3.8, 4) is 0 Å². The molecule has 0 aliphatic heterocycles. The average molecular weight is 482 g/mol. The van der Waals surface area contributed by atoms with Crippen LogP contribution < -0.4 is 0 Å². The van der Waals surface area contributed by atoms with Crippen LogP contribution in [-0.4, -0.2) is 48.1 Å². The molecule has 31 heavy (non-hydrogen) atoms. The van der Waals surface area contributed by atoms with E-state index < -0.39 is 10.0 Å². The molecule has 0 aliphatic carbocycles. The summed E-state index contributed by atoms with van der Waals surface area (Å²) >= 11 is 7.24. The van der Waals surface area contributed by atoms with Crippen LogP contribution >= 0.6 is 23.4 Å². The van der Waals surface area contributed by atoms with Gasteiger partial charge in [0.25, 0.3) is 0 Å². The molecule has 3 aromatic rings. The highest BCUT2D eigenvalue weighted by molar-refractivity contribution is 8.00. The van der Waals surface area contributed by atoms with Gasteiger partial charge in [0, 0.05) is 30.6 Å². The predicted octanol–water partition coefficient (Wildman–Crippen LogP) is 4.19.